The van der Waals surface area contributed by atoms with E-state index in [1.165, 1.54) is 23.9 Å². The summed E-state index contributed by atoms with van der Waals surface area (Å²) in [7, 11) is -3.95. The molecule has 0 spiro atoms. The van der Waals surface area contributed by atoms with Crippen molar-refractivity contribution in [2.75, 3.05) is 6.54 Å². The molecule has 0 aliphatic carbocycles. The van der Waals surface area contributed by atoms with Gasteiger partial charge in [0.1, 0.15) is 0 Å². The Morgan fingerprint density at radius 3 is 2.17 bits per heavy atom. The van der Waals surface area contributed by atoms with Gasteiger partial charge in [0.2, 0.25) is 10.0 Å². The van der Waals surface area contributed by atoms with Gasteiger partial charge in [-0.15, -0.1) is 0 Å². The number of halogens is 2. The van der Waals surface area contributed by atoms with Crippen LogP contribution in [-0.4, -0.2) is 31.4 Å². The van der Waals surface area contributed by atoms with E-state index >= 15 is 0 Å². The van der Waals surface area contributed by atoms with Crippen molar-refractivity contribution in [2.24, 2.45) is 5.10 Å². The Hall–Kier alpha value is -2.52. The first kappa shape index (κ1) is 27.1. The van der Waals surface area contributed by atoms with Gasteiger partial charge in [0.25, 0.3) is 5.91 Å². The number of sulfonamides is 1. The van der Waals surface area contributed by atoms with Gasteiger partial charge < -0.3 is 0 Å². The molecule has 184 valence electrons. The Balaban J connectivity index is 1.75. The molecule has 1 N–H and O–H groups in total. The van der Waals surface area contributed by atoms with Gasteiger partial charge >= 0.3 is 0 Å². The van der Waals surface area contributed by atoms with Gasteiger partial charge in [0, 0.05) is 16.0 Å². The van der Waals surface area contributed by atoms with Gasteiger partial charge in [-0.25, -0.2) is 13.8 Å². The van der Waals surface area contributed by atoms with Crippen LogP contribution in [-0.2, 0) is 26.8 Å². The van der Waals surface area contributed by atoms with Crippen LogP contribution in [0.25, 0.3) is 0 Å². The average molecular weight is 577 g/mol. The normalized spacial score (nSPS) is 12.3. The zero-order valence-corrected chi connectivity index (χ0v) is 22.9. The number of hydrazone groups is 1. The second kappa shape index (κ2) is 11.5. The lowest BCUT2D eigenvalue weighted by atomic mass is 9.87. The first-order chi connectivity index (χ1) is 16.4. The lowest BCUT2D eigenvalue weighted by Gasteiger charge is -2.21. The maximum absolute atomic E-state index is 13.3. The molecule has 0 saturated heterocycles. The monoisotopic (exact) mass is 575 g/mol. The van der Waals surface area contributed by atoms with Crippen LogP contribution in [0.2, 0.25) is 5.02 Å². The largest absolute Gasteiger partial charge is 0.272 e. The molecule has 0 aliphatic heterocycles. The molecule has 9 heteroatoms. The number of carbonyl (C=O) groups is 1. The lowest BCUT2D eigenvalue weighted by molar-refractivity contribution is -0.121. The van der Waals surface area contributed by atoms with Crippen molar-refractivity contribution < 1.29 is 13.2 Å². The van der Waals surface area contributed by atoms with E-state index in [4.69, 9.17) is 11.6 Å². The molecule has 3 aromatic rings. The molecule has 3 aromatic carbocycles. The third-order valence-corrected chi connectivity index (χ3v) is 7.81. The number of benzene rings is 3. The molecule has 3 rings (SSSR count). The minimum atomic E-state index is -3.95. The van der Waals surface area contributed by atoms with E-state index < -0.39 is 22.5 Å². The quantitative estimate of drug-likeness (QED) is 0.274. The van der Waals surface area contributed by atoms with Crippen LogP contribution in [0.15, 0.2) is 87.3 Å². The summed E-state index contributed by atoms with van der Waals surface area (Å²) in [6.07, 6.45) is 1.52. The van der Waals surface area contributed by atoms with E-state index in [-0.39, 0.29) is 16.9 Å². The SMILES string of the molecule is CC(C)(C)c1ccc(/C=N\NC(=O)CN(Cc2ccc(Cl)cc2)S(=O)(=O)c2ccc(Br)cc2)cc1. The lowest BCUT2D eigenvalue weighted by Crippen LogP contribution is -2.39. The molecule has 0 saturated carbocycles. The third kappa shape index (κ3) is 7.73. The van der Waals surface area contributed by atoms with Gasteiger partial charge in [-0.2, -0.15) is 9.41 Å². The van der Waals surface area contributed by atoms with E-state index in [1.54, 1.807) is 36.4 Å². The highest BCUT2D eigenvalue weighted by atomic mass is 79.9. The van der Waals surface area contributed by atoms with Crippen LogP contribution in [0.1, 0.15) is 37.5 Å². The first-order valence-electron chi connectivity index (χ1n) is 10.9. The van der Waals surface area contributed by atoms with Crippen molar-refractivity contribution in [1.29, 1.82) is 0 Å². The highest BCUT2D eigenvalue weighted by Crippen LogP contribution is 2.23. The van der Waals surface area contributed by atoms with Crippen molar-refractivity contribution in [3.05, 3.63) is 99.0 Å². The van der Waals surface area contributed by atoms with Crippen molar-refractivity contribution in [3.8, 4) is 0 Å². The number of nitrogens with zero attached hydrogens (tertiary/aromatic N) is 2. The van der Waals surface area contributed by atoms with Crippen LogP contribution < -0.4 is 5.43 Å². The molecule has 1 amide bonds. The highest BCUT2D eigenvalue weighted by Gasteiger charge is 2.27. The fraction of sp³-hybridized carbons (Fsp3) is 0.231. The molecule has 0 aliphatic rings. The van der Waals surface area contributed by atoms with E-state index in [2.05, 4.69) is 47.2 Å². The van der Waals surface area contributed by atoms with Gasteiger partial charge in [0.05, 0.1) is 17.7 Å². The van der Waals surface area contributed by atoms with Crippen molar-refractivity contribution >= 4 is 49.7 Å². The van der Waals surface area contributed by atoms with E-state index in [9.17, 15) is 13.2 Å². The van der Waals surface area contributed by atoms with Crippen LogP contribution in [0, 0.1) is 0 Å². The first-order valence-corrected chi connectivity index (χ1v) is 13.5. The maximum atomic E-state index is 13.3. The maximum Gasteiger partial charge on any atom is 0.255 e. The molecular formula is C26H27BrClN3O3S. The number of nitrogens with one attached hydrogen (secondary N) is 1. The summed E-state index contributed by atoms with van der Waals surface area (Å²) in [5.41, 5.74) is 5.18. The van der Waals surface area contributed by atoms with E-state index in [0.29, 0.717) is 10.6 Å². The summed E-state index contributed by atoms with van der Waals surface area (Å²) in [5, 5.41) is 4.54. The minimum Gasteiger partial charge on any atom is -0.272 e. The van der Waals surface area contributed by atoms with Crippen molar-refractivity contribution in [2.45, 2.75) is 37.6 Å². The summed E-state index contributed by atoms with van der Waals surface area (Å²) >= 11 is 9.27. The van der Waals surface area contributed by atoms with Crippen LogP contribution in [0.3, 0.4) is 0 Å². The third-order valence-electron chi connectivity index (χ3n) is 5.22. The van der Waals surface area contributed by atoms with Gasteiger partial charge in [0.15, 0.2) is 0 Å². The molecule has 0 unspecified atom stereocenters. The summed E-state index contributed by atoms with van der Waals surface area (Å²) in [4.78, 5) is 12.7. The molecule has 35 heavy (non-hydrogen) atoms. The molecule has 0 radical (unpaired) electrons. The number of rotatable bonds is 8. The van der Waals surface area contributed by atoms with Crippen molar-refractivity contribution in [3.63, 3.8) is 0 Å². The van der Waals surface area contributed by atoms with Crippen molar-refractivity contribution in [1.82, 2.24) is 9.73 Å². The predicted octanol–water partition coefficient (Wildman–Crippen LogP) is 5.74. The highest BCUT2D eigenvalue weighted by molar-refractivity contribution is 9.10. The molecule has 0 atom stereocenters. The van der Waals surface area contributed by atoms with Gasteiger partial charge in [-0.1, -0.05) is 84.7 Å². The predicted molar refractivity (Wildman–Crippen MR) is 144 cm³/mol. The topological polar surface area (TPSA) is 78.8 Å². The Labute approximate surface area is 220 Å². The summed E-state index contributed by atoms with van der Waals surface area (Å²) in [6.45, 7) is 6.00. The second-order valence-electron chi connectivity index (χ2n) is 9.02. The van der Waals surface area contributed by atoms with Crippen LogP contribution in [0.4, 0.5) is 0 Å². The summed E-state index contributed by atoms with van der Waals surface area (Å²) in [5.74, 6) is -0.554. The molecule has 0 aromatic heterocycles. The average Bonchev–Trinajstić information content (AvgIpc) is 2.80. The number of hydrogen-bond acceptors (Lipinski definition) is 4. The second-order valence-corrected chi connectivity index (χ2v) is 12.3. The Morgan fingerprint density at radius 2 is 1.60 bits per heavy atom. The van der Waals surface area contributed by atoms with E-state index in [1.807, 2.05) is 24.3 Å². The zero-order chi connectivity index (χ0) is 25.6. The summed E-state index contributed by atoms with van der Waals surface area (Å²) < 4.78 is 28.5. The van der Waals surface area contributed by atoms with E-state index in [0.717, 1.165) is 14.3 Å². The molecule has 6 nitrogen and oxygen atoms in total. The Kier molecular flexibility index (Phi) is 8.88. The number of carbonyl (C=O) groups excluding carboxylic acids is 1. The number of amides is 1. The Morgan fingerprint density at radius 1 is 1.00 bits per heavy atom. The van der Waals surface area contributed by atoms with Gasteiger partial charge in [-0.3, -0.25) is 4.79 Å². The molecular weight excluding hydrogens is 550 g/mol. The van der Waals surface area contributed by atoms with Gasteiger partial charge in [-0.05, 0) is 58.5 Å². The van der Waals surface area contributed by atoms with Crippen LogP contribution in [0.5, 0.6) is 0 Å². The fourth-order valence-corrected chi connectivity index (χ4v) is 4.99. The fourth-order valence-electron chi connectivity index (χ4n) is 3.22. The summed E-state index contributed by atoms with van der Waals surface area (Å²) in [6, 6.07) is 20.9. The standard InChI is InChI=1S/C26H27BrClN3O3S/c1-26(2,3)21-8-4-19(5-9-21)16-29-30-25(32)18-31(17-20-6-12-23(28)13-7-20)35(33,34)24-14-10-22(27)11-15-24/h4-16H,17-18H2,1-3H3,(H,30,32)/b29-16-. The molecule has 0 heterocycles. The van der Waals surface area contributed by atoms with Crippen LogP contribution >= 0.6 is 27.5 Å². The number of hydrogen-bond donors (Lipinski definition) is 1. The molecule has 0 fully saturated rings. The minimum absolute atomic E-state index is 0.000958. The Bertz CT molecular complexity index is 1290. The smallest absolute Gasteiger partial charge is 0.255 e. The molecule has 0 bridgehead atoms. The zero-order valence-electron chi connectivity index (χ0n) is 19.7.